The zero-order chi connectivity index (χ0) is 19.1. The van der Waals surface area contributed by atoms with Crippen molar-refractivity contribution in [2.75, 3.05) is 13.2 Å². The molecule has 0 amide bonds. The summed E-state index contributed by atoms with van der Waals surface area (Å²) in [5.74, 6) is 0.677. The molecular weight excluding hydrogens is 382 g/mol. The van der Waals surface area contributed by atoms with Crippen molar-refractivity contribution in [3.05, 3.63) is 70.8 Å². The fraction of sp³-hybridized carbons (Fsp3) is 0.300. The van der Waals surface area contributed by atoms with Gasteiger partial charge in [-0.05, 0) is 54.6 Å². The van der Waals surface area contributed by atoms with E-state index in [1.807, 2.05) is 24.4 Å². The van der Waals surface area contributed by atoms with Crippen molar-refractivity contribution in [2.24, 2.45) is 0 Å². The zero-order valence-corrected chi connectivity index (χ0v) is 16.8. The predicted octanol–water partition coefficient (Wildman–Crippen LogP) is 4.56. The van der Waals surface area contributed by atoms with Crippen molar-refractivity contribution < 1.29 is 17.6 Å². The Hall–Kier alpha value is -2.09. The Labute approximate surface area is 164 Å². The van der Waals surface area contributed by atoms with Crippen molar-refractivity contribution in [3.63, 3.8) is 0 Å². The fourth-order valence-electron chi connectivity index (χ4n) is 2.64. The summed E-state index contributed by atoms with van der Waals surface area (Å²) in [7, 11) is -3.63. The van der Waals surface area contributed by atoms with Gasteiger partial charge in [0.15, 0.2) is 0 Å². The van der Waals surface area contributed by atoms with Gasteiger partial charge < -0.3 is 9.15 Å². The first-order chi connectivity index (χ1) is 13.1. The first-order valence-electron chi connectivity index (χ1n) is 8.86. The molecule has 0 aliphatic heterocycles. The van der Waals surface area contributed by atoms with Crippen molar-refractivity contribution in [1.82, 2.24) is 4.31 Å². The molecule has 3 rings (SSSR count). The maximum atomic E-state index is 13.2. The number of hydrogen-bond acceptors (Lipinski definition) is 5. The van der Waals surface area contributed by atoms with E-state index in [2.05, 4.69) is 0 Å². The van der Waals surface area contributed by atoms with Crippen LogP contribution in [0.1, 0.15) is 23.8 Å². The van der Waals surface area contributed by atoms with Crippen LogP contribution in [0.15, 0.2) is 69.7 Å². The summed E-state index contributed by atoms with van der Waals surface area (Å²) in [6, 6.07) is 12.4. The second-order valence-corrected chi connectivity index (χ2v) is 9.09. The number of thiophene rings is 1. The molecule has 0 aliphatic carbocycles. The van der Waals surface area contributed by atoms with E-state index in [0.717, 1.165) is 16.9 Å². The van der Waals surface area contributed by atoms with Crippen LogP contribution in [-0.4, -0.2) is 25.9 Å². The second kappa shape index (κ2) is 9.21. The maximum absolute atomic E-state index is 13.2. The van der Waals surface area contributed by atoms with E-state index in [1.165, 1.54) is 4.31 Å². The number of furan rings is 1. The topological polar surface area (TPSA) is 59.8 Å². The lowest BCUT2D eigenvalue weighted by Crippen LogP contribution is -2.32. The highest BCUT2D eigenvalue weighted by Gasteiger charge is 2.25. The largest absolute Gasteiger partial charge is 0.494 e. The van der Waals surface area contributed by atoms with Crippen LogP contribution in [0, 0.1) is 0 Å². The average Bonchev–Trinajstić information content (AvgIpc) is 3.37. The standard InChI is InChI=1S/C20H23NO4S2/c1-2-12-25-18-5-7-20(8-6-18)27(22,23)21(15-17-10-13-24-16-17)11-9-19-4-3-14-26-19/h3-8,10,13-14,16H,2,9,11-12,15H2,1H3. The molecule has 0 N–H and O–H groups in total. The van der Waals surface area contributed by atoms with Crippen molar-refractivity contribution in [3.8, 4) is 5.75 Å². The molecule has 7 heteroatoms. The van der Waals surface area contributed by atoms with Gasteiger partial charge in [0.05, 0.1) is 24.0 Å². The molecule has 0 radical (unpaired) electrons. The summed E-state index contributed by atoms with van der Waals surface area (Å²) in [6.07, 6.45) is 4.71. The molecule has 144 valence electrons. The minimum atomic E-state index is -3.63. The molecule has 2 heterocycles. The molecule has 0 atom stereocenters. The number of nitrogens with zero attached hydrogens (tertiary/aromatic N) is 1. The van der Waals surface area contributed by atoms with Gasteiger partial charge in [-0.15, -0.1) is 11.3 Å². The molecule has 0 unspecified atom stereocenters. The van der Waals surface area contributed by atoms with E-state index < -0.39 is 10.0 Å². The van der Waals surface area contributed by atoms with E-state index in [4.69, 9.17) is 9.15 Å². The lowest BCUT2D eigenvalue weighted by Gasteiger charge is -2.21. The Morgan fingerprint density at radius 3 is 2.59 bits per heavy atom. The smallest absolute Gasteiger partial charge is 0.243 e. The molecule has 5 nitrogen and oxygen atoms in total. The number of ether oxygens (including phenoxy) is 1. The van der Waals surface area contributed by atoms with Gasteiger partial charge in [0.2, 0.25) is 10.0 Å². The third kappa shape index (κ3) is 5.22. The second-order valence-electron chi connectivity index (χ2n) is 6.12. The van der Waals surface area contributed by atoms with E-state index in [1.54, 1.807) is 54.2 Å². The van der Waals surface area contributed by atoms with Gasteiger partial charge in [-0.1, -0.05) is 13.0 Å². The van der Waals surface area contributed by atoms with Gasteiger partial charge >= 0.3 is 0 Å². The van der Waals surface area contributed by atoms with E-state index in [0.29, 0.717) is 25.3 Å². The number of benzene rings is 1. The van der Waals surface area contributed by atoms with Crippen molar-refractivity contribution in [1.29, 1.82) is 0 Å². The maximum Gasteiger partial charge on any atom is 0.243 e. The summed E-state index contributed by atoms with van der Waals surface area (Å²) < 4.78 is 38.5. The van der Waals surface area contributed by atoms with Crippen LogP contribution >= 0.6 is 11.3 Å². The first kappa shape index (κ1) is 19.7. The molecule has 0 spiro atoms. The van der Waals surface area contributed by atoms with Crippen molar-refractivity contribution >= 4 is 21.4 Å². The highest BCUT2D eigenvalue weighted by molar-refractivity contribution is 7.89. The predicted molar refractivity (Wildman–Crippen MR) is 107 cm³/mol. The monoisotopic (exact) mass is 405 g/mol. The van der Waals surface area contributed by atoms with Gasteiger partial charge in [0, 0.05) is 23.5 Å². The Morgan fingerprint density at radius 1 is 1.15 bits per heavy atom. The molecule has 0 bridgehead atoms. The van der Waals surface area contributed by atoms with Crippen LogP contribution in [0.3, 0.4) is 0 Å². The van der Waals surface area contributed by atoms with Gasteiger partial charge in [-0.3, -0.25) is 0 Å². The number of hydrogen-bond donors (Lipinski definition) is 0. The molecule has 0 fully saturated rings. The Morgan fingerprint density at radius 2 is 1.96 bits per heavy atom. The fourth-order valence-corrected chi connectivity index (χ4v) is 4.76. The summed E-state index contributed by atoms with van der Waals surface area (Å²) in [5, 5.41) is 2.00. The van der Waals surface area contributed by atoms with Crippen LogP contribution in [0.4, 0.5) is 0 Å². The van der Waals surface area contributed by atoms with Crippen LogP contribution in [0.2, 0.25) is 0 Å². The summed E-state index contributed by atoms with van der Waals surface area (Å²) in [5.41, 5.74) is 0.827. The SMILES string of the molecule is CCCOc1ccc(S(=O)(=O)N(CCc2cccs2)Cc2ccoc2)cc1. The minimum absolute atomic E-state index is 0.265. The Bertz CT molecular complexity index is 902. The molecule has 1 aromatic carbocycles. The van der Waals surface area contributed by atoms with Crippen LogP contribution < -0.4 is 4.74 Å². The van der Waals surface area contributed by atoms with Gasteiger partial charge in [0.25, 0.3) is 0 Å². The Kier molecular flexibility index (Phi) is 6.71. The summed E-state index contributed by atoms with van der Waals surface area (Å²) in [6.45, 7) is 3.32. The van der Waals surface area contributed by atoms with Crippen molar-refractivity contribution in [2.45, 2.75) is 31.2 Å². The van der Waals surface area contributed by atoms with Crippen LogP contribution in [0.25, 0.3) is 0 Å². The first-order valence-corrected chi connectivity index (χ1v) is 11.2. The van der Waals surface area contributed by atoms with Gasteiger partial charge in [-0.25, -0.2) is 8.42 Å². The highest BCUT2D eigenvalue weighted by atomic mass is 32.2. The lowest BCUT2D eigenvalue weighted by atomic mass is 10.3. The molecule has 0 saturated heterocycles. The van der Waals surface area contributed by atoms with Gasteiger partial charge in [-0.2, -0.15) is 4.31 Å². The average molecular weight is 406 g/mol. The molecule has 2 aromatic heterocycles. The summed E-state index contributed by atoms with van der Waals surface area (Å²) >= 11 is 1.63. The Balaban J connectivity index is 1.79. The minimum Gasteiger partial charge on any atom is -0.494 e. The molecule has 3 aromatic rings. The highest BCUT2D eigenvalue weighted by Crippen LogP contribution is 2.23. The lowest BCUT2D eigenvalue weighted by molar-refractivity contribution is 0.317. The molecule has 27 heavy (non-hydrogen) atoms. The van der Waals surface area contributed by atoms with E-state index in [-0.39, 0.29) is 11.4 Å². The number of rotatable bonds is 10. The third-order valence-electron chi connectivity index (χ3n) is 4.06. The molecule has 0 saturated carbocycles. The van der Waals surface area contributed by atoms with E-state index >= 15 is 0 Å². The third-order valence-corrected chi connectivity index (χ3v) is 6.86. The van der Waals surface area contributed by atoms with Crippen LogP contribution in [-0.2, 0) is 23.0 Å². The molecular formula is C20H23NO4S2. The quantitative estimate of drug-likeness (QED) is 0.496. The molecule has 0 aliphatic rings. The zero-order valence-electron chi connectivity index (χ0n) is 15.2. The number of sulfonamides is 1. The van der Waals surface area contributed by atoms with E-state index in [9.17, 15) is 8.42 Å². The summed E-state index contributed by atoms with van der Waals surface area (Å²) in [4.78, 5) is 1.42. The van der Waals surface area contributed by atoms with Gasteiger partial charge in [0.1, 0.15) is 5.75 Å². The van der Waals surface area contributed by atoms with Crippen LogP contribution in [0.5, 0.6) is 5.75 Å². The normalized spacial score (nSPS) is 11.8.